The van der Waals surface area contributed by atoms with Crippen molar-refractivity contribution in [3.05, 3.63) is 11.6 Å². The van der Waals surface area contributed by atoms with Crippen molar-refractivity contribution in [3.63, 3.8) is 0 Å². The zero-order chi connectivity index (χ0) is 16.2. The molecule has 0 bridgehead atoms. The molecule has 0 N–H and O–H groups in total. The van der Waals surface area contributed by atoms with Crippen molar-refractivity contribution in [1.29, 1.82) is 0 Å². The van der Waals surface area contributed by atoms with Crippen LogP contribution in [0.3, 0.4) is 0 Å². The minimum Gasteiger partial charge on any atom is -0.0879 e. The van der Waals surface area contributed by atoms with Gasteiger partial charge >= 0.3 is 0 Å². The normalized spacial score (nSPS) is 54.4. The van der Waals surface area contributed by atoms with E-state index in [1.165, 1.54) is 25.7 Å². The lowest BCUT2D eigenvalue weighted by molar-refractivity contribution is -0.0609. The van der Waals surface area contributed by atoms with Gasteiger partial charge in [0.25, 0.3) is 0 Å². The van der Waals surface area contributed by atoms with Crippen LogP contribution in [0.1, 0.15) is 85.5 Å². The molecule has 0 saturated heterocycles. The highest BCUT2D eigenvalue weighted by Crippen LogP contribution is 2.66. The van der Waals surface area contributed by atoms with Crippen LogP contribution in [-0.2, 0) is 0 Å². The first-order valence-corrected chi connectivity index (χ1v) is 10.7. The Balaban J connectivity index is 1.63. The summed E-state index contributed by atoms with van der Waals surface area (Å²) in [4.78, 5) is 0. The Morgan fingerprint density at radius 3 is 2.57 bits per heavy atom. The van der Waals surface area contributed by atoms with E-state index >= 15 is 0 Å². The maximum absolute atomic E-state index is 2.65. The van der Waals surface area contributed by atoms with Gasteiger partial charge in [0.2, 0.25) is 0 Å². The average molecular weight is 315 g/mol. The Bertz CT molecular complexity index is 474. The highest BCUT2D eigenvalue weighted by atomic mass is 14.6. The fourth-order valence-corrected chi connectivity index (χ4v) is 8.07. The highest BCUT2D eigenvalue weighted by Gasteiger charge is 2.57. The molecule has 130 valence electrons. The largest absolute Gasteiger partial charge is 0.0879 e. The van der Waals surface area contributed by atoms with Gasteiger partial charge in [-0.2, -0.15) is 0 Å². The van der Waals surface area contributed by atoms with Gasteiger partial charge in [-0.05, 0) is 98.7 Å². The molecular formula is C23H38. The van der Waals surface area contributed by atoms with Crippen LogP contribution in [-0.4, -0.2) is 0 Å². The van der Waals surface area contributed by atoms with Gasteiger partial charge in [-0.1, -0.05) is 45.3 Å². The standard InChI is InChI=1S/C23H38/c1-5-16-14-18(6-2)23(4)12-11-20-19-9-7-15(3)13-17(19)8-10-21(20)22(16)23/h6,15-17,19-22H,5,7-14H2,1-4H3/b18-6+. The molecule has 8 unspecified atom stereocenters. The lowest BCUT2D eigenvalue weighted by atomic mass is 9.49. The highest BCUT2D eigenvalue weighted by molar-refractivity contribution is 5.25. The van der Waals surface area contributed by atoms with E-state index in [-0.39, 0.29) is 0 Å². The van der Waals surface area contributed by atoms with Crippen LogP contribution in [0.15, 0.2) is 11.6 Å². The fourth-order valence-electron chi connectivity index (χ4n) is 8.07. The molecule has 0 radical (unpaired) electrons. The molecular weight excluding hydrogens is 276 g/mol. The summed E-state index contributed by atoms with van der Waals surface area (Å²) in [5.41, 5.74) is 2.39. The van der Waals surface area contributed by atoms with Crippen molar-refractivity contribution in [2.24, 2.45) is 46.8 Å². The molecule has 4 fully saturated rings. The van der Waals surface area contributed by atoms with Gasteiger partial charge in [-0.25, -0.2) is 0 Å². The minimum atomic E-state index is 0.561. The molecule has 4 aliphatic rings. The van der Waals surface area contributed by atoms with E-state index in [4.69, 9.17) is 0 Å². The maximum Gasteiger partial charge on any atom is -0.00825 e. The first-order valence-electron chi connectivity index (χ1n) is 10.7. The van der Waals surface area contributed by atoms with Crippen molar-refractivity contribution < 1.29 is 0 Å². The van der Waals surface area contributed by atoms with Crippen LogP contribution in [0.25, 0.3) is 0 Å². The number of fused-ring (bicyclic) bond motifs is 5. The average Bonchev–Trinajstić information content (AvgIpc) is 2.86. The lowest BCUT2D eigenvalue weighted by Gasteiger charge is -2.56. The second-order valence-electron chi connectivity index (χ2n) is 9.92. The molecule has 0 aliphatic heterocycles. The van der Waals surface area contributed by atoms with E-state index in [1.807, 2.05) is 5.57 Å². The summed E-state index contributed by atoms with van der Waals surface area (Å²) in [6.45, 7) is 9.92. The molecule has 0 heterocycles. The Labute approximate surface area is 144 Å². The third-order valence-corrected chi connectivity index (χ3v) is 9.06. The Morgan fingerprint density at radius 2 is 1.83 bits per heavy atom. The van der Waals surface area contributed by atoms with Crippen LogP contribution in [0.2, 0.25) is 0 Å². The quantitative estimate of drug-likeness (QED) is 0.464. The van der Waals surface area contributed by atoms with Gasteiger partial charge < -0.3 is 0 Å². The van der Waals surface area contributed by atoms with Crippen LogP contribution < -0.4 is 0 Å². The summed E-state index contributed by atoms with van der Waals surface area (Å²) in [6, 6.07) is 0. The SMILES string of the molecule is C/C=C1\CC(CC)C2C3CCC4CC(C)CCC4C3CCC12C. The number of hydrogen-bond donors (Lipinski definition) is 0. The molecule has 0 nitrogen and oxygen atoms in total. The summed E-state index contributed by atoms with van der Waals surface area (Å²) in [6.07, 6.45) is 16.1. The first-order chi connectivity index (χ1) is 11.1. The van der Waals surface area contributed by atoms with Gasteiger partial charge in [-0.3, -0.25) is 0 Å². The first kappa shape index (κ1) is 16.2. The molecule has 0 spiro atoms. The molecule has 4 rings (SSSR count). The van der Waals surface area contributed by atoms with Crippen molar-refractivity contribution in [1.82, 2.24) is 0 Å². The third-order valence-electron chi connectivity index (χ3n) is 9.06. The third kappa shape index (κ3) is 2.37. The topological polar surface area (TPSA) is 0 Å². The van der Waals surface area contributed by atoms with Crippen molar-refractivity contribution in [2.75, 3.05) is 0 Å². The molecule has 0 aromatic heterocycles. The summed E-state index contributed by atoms with van der Waals surface area (Å²) < 4.78 is 0. The van der Waals surface area contributed by atoms with Crippen LogP contribution >= 0.6 is 0 Å². The van der Waals surface area contributed by atoms with E-state index in [9.17, 15) is 0 Å². The Kier molecular flexibility index (Phi) is 4.18. The van der Waals surface area contributed by atoms with E-state index in [1.54, 1.807) is 32.1 Å². The minimum absolute atomic E-state index is 0.561. The smallest absolute Gasteiger partial charge is 0.00825 e. The van der Waals surface area contributed by atoms with E-state index < -0.39 is 0 Å². The molecule has 0 amide bonds. The molecule has 23 heavy (non-hydrogen) atoms. The van der Waals surface area contributed by atoms with Crippen molar-refractivity contribution in [3.8, 4) is 0 Å². The molecule has 0 aromatic carbocycles. The van der Waals surface area contributed by atoms with Crippen LogP contribution in [0, 0.1) is 46.8 Å². The zero-order valence-electron chi connectivity index (χ0n) is 16.0. The van der Waals surface area contributed by atoms with Crippen LogP contribution in [0.5, 0.6) is 0 Å². The molecule has 4 aliphatic carbocycles. The summed E-state index contributed by atoms with van der Waals surface area (Å²) in [7, 11) is 0. The second kappa shape index (κ2) is 5.92. The fraction of sp³-hybridized carbons (Fsp3) is 0.913. The molecule has 8 atom stereocenters. The van der Waals surface area contributed by atoms with Crippen molar-refractivity contribution in [2.45, 2.75) is 85.5 Å². The van der Waals surface area contributed by atoms with Gasteiger partial charge in [0.1, 0.15) is 0 Å². The summed E-state index contributed by atoms with van der Waals surface area (Å²) in [5, 5.41) is 0. The van der Waals surface area contributed by atoms with Gasteiger partial charge in [-0.15, -0.1) is 0 Å². The van der Waals surface area contributed by atoms with E-state index in [0.717, 1.165) is 41.4 Å². The predicted molar refractivity (Wildman–Crippen MR) is 99.2 cm³/mol. The number of allylic oxidation sites excluding steroid dienone is 2. The summed E-state index contributed by atoms with van der Waals surface area (Å²) >= 11 is 0. The Hall–Kier alpha value is -0.260. The van der Waals surface area contributed by atoms with Gasteiger partial charge in [0.05, 0.1) is 0 Å². The van der Waals surface area contributed by atoms with Crippen molar-refractivity contribution >= 4 is 0 Å². The van der Waals surface area contributed by atoms with E-state index in [0.29, 0.717) is 5.41 Å². The zero-order valence-corrected chi connectivity index (χ0v) is 16.0. The van der Waals surface area contributed by atoms with Gasteiger partial charge in [0, 0.05) is 0 Å². The number of hydrogen-bond acceptors (Lipinski definition) is 0. The second-order valence-corrected chi connectivity index (χ2v) is 9.92. The van der Waals surface area contributed by atoms with Gasteiger partial charge in [0.15, 0.2) is 0 Å². The summed E-state index contributed by atoms with van der Waals surface area (Å²) in [5.74, 6) is 7.34. The van der Waals surface area contributed by atoms with Crippen LogP contribution in [0.4, 0.5) is 0 Å². The monoisotopic (exact) mass is 314 g/mol. The number of rotatable bonds is 1. The molecule has 0 aromatic rings. The maximum atomic E-state index is 2.65. The molecule has 0 heteroatoms. The predicted octanol–water partition coefficient (Wildman–Crippen LogP) is 6.86. The molecule has 4 saturated carbocycles. The van der Waals surface area contributed by atoms with E-state index in [2.05, 4.69) is 33.8 Å². The lowest BCUT2D eigenvalue weighted by Crippen LogP contribution is -2.48. The Morgan fingerprint density at radius 1 is 1.04 bits per heavy atom.